The predicted molar refractivity (Wildman–Crippen MR) is 77.3 cm³/mol. The van der Waals surface area contributed by atoms with Gasteiger partial charge in [0.05, 0.1) is 5.02 Å². The van der Waals surface area contributed by atoms with E-state index in [2.05, 4.69) is 15.0 Å². The summed E-state index contributed by atoms with van der Waals surface area (Å²) >= 11 is 5.76. The van der Waals surface area contributed by atoms with Crippen LogP contribution in [0, 0.1) is 0 Å². The molecule has 1 aromatic rings. The Labute approximate surface area is 124 Å². The lowest BCUT2D eigenvalue weighted by molar-refractivity contribution is 0.349. The van der Waals surface area contributed by atoms with Crippen molar-refractivity contribution in [3.63, 3.8) is 0 Å². The Hall–Kier alpha value is -0.400. The van der Waals surface area contributed by atoms with Crippen LogP contribution in [0.2, 0.25) is 5.02 Å². The molecule has 0 saturated carbocycles. The number of nitrogens with one attached hydrogen (secondary N) is 2. The summed E-state index contributed by atoms with van der Waals surface area (Å²) < 4.78 is 27.0. The summed E-state index contributed by atoms with van der Waals surface area (Å²) in [6.45, 7) is 2.90. The lowest BCUT2D eigenvalue weighted by Gasteiger charge is -2.30. The number of nitrogens with zero attached hydrogens (tertiary/aromatic N) is 1. The summed E-state index contributed by atoms with van der Waals surface area (Å²) in [5.41, 5.74) is 0. The van der Waals surface area contributed by atoms with Gasteiger partial charge in [0.15, 0.2) is 0 Å². The third-order valence-electron chi connectivity index (χ3n) is 3.06. The summed E-state index contributed by atoms with van der Waals surface area (Å²) in [5.74, 6) is 0. The van der Waals surface area contributed by atoms with E-state index < -0.39 is 10.0 Å². The highest BCUT2D eigenvalue weighted by atomic mass is 35.5. The van der Waals surface area contributed by atoms with Gasteiger partial charge in [-0.05, 0) is 32.4 Å². The molecule has 0 amide bonds. The number of rotatable bonds is 3. The molecule has 0 aliphatic carbocycles. The Morgan fingerprint density at radius 1 is 1.47 bits per heavy atom. The summed E-state index contributed by atoms with van der Waals surface area (Å²) in [6, 6.07) is 1.43. The van der Waals surface area contributed by atoms with E-state index >= 15 is 0 Å². The quantitative estimate of drug-likeness (QED) is 0.885. The first kappa shape index (κ1) is 16.7. The zero-order valence-electron chi connectivity index (χ0n) is 10.5. The third-order valence-corrected chi connectivity index (χ3v) is 4.72. The van der Waals surface area contributed by atoms with Crippen LogP contribution >= 0.6 is 24.0 Å². The van der Waals surface area contributed by atoms with E-state index in [4.69, 9.17) is 11.6 Å². The number of piperidine rings is 1. The Morgan fingerprint density at radius 3 is 2.84 bits per heavy atom. The average molecular weight is 326 g/mol. The highest BCUT2D eigenvalue weighted by molar-refractivity contribution is 7.89. The molecule has 1 aromatic heterocycles. The van der Waals surface area contributed by atoms with E-state index in [1.54, 1.807) is 0 Å². The fraction of sp³-hybridized carbons (Fsp3) is 0.545. The minimum absolute atomic E-state index is 0. The number of halogens is 2. The summed E-state index contributed by atoms with van der Waals surface area (Å²) in [6.07, 6.45) is 4.51. The molecule has 108 valence electrons. The van der Waals surface area contributed by atoms with Crippen molar-refractivity contribution >= 4 is 34.0 Å². The molecule has 2 rings (SSSR count). The SMILES string of the molecule is CC1NCCCC1NS(=O)(=O)c1cncc(Cl)c1.Cl. The van der Waals surface area contributed by atoms with Gasteiger partial charge in [-0.2, -0.15) is 0 Å². The van der Waals surface area contributed by atoms with Crippen LogP contribution in [0.3, 0.4) is 0 Å². The van der Waals surface area contributed by atoms with Gasteiger partial charge >= 0.3 is 0 Å². The van der Waals surface area contributed by atoms with Gasteiger partial charge < -0.3 is 5.32 Å². The van der Waals surface area contributed by atoms with Crippen molar-refractivity contribution in [1.29, 1.82) is 0 Å². The van der Waals surface area contributed by atoms with Crippen molar-refractivity contribution < 1.29 is 8.42 Å². The fourth-order valence-corrected chi connectivity index (χ4v) is 3.59. The second-order valence-electron chi connectivity index (χ2n) is 4.45. The fourth-order valence-electron chi connectivity index (χ4n) is 2.01. The van der Waals surface area contributed by atoms with Gasteiger partial charge in [-0.25, -0.2) is 13.1 Å². The molecule has 19 heavy (non-hydrogen) atoms. The first-order valence-corrected chi connectivity index (χ1v) is 7.71. The molecule has 1 aliphatic heterocycles. The molecular formula is C11H17Cl2N3O2S. The molecule has 2 heterocycles. The van der Waals surface area contributed by atoms with Crippen LogP contribution < -0.4 is 10.0 Å². The van der Waals surface area contributed by atoms with E-state index in [-0.39, 0.29) is 29.4 Å². The van der Waals surface area contributed by atoms with Gasteiger partial charge in [-0.3, -0.25) is 4.98 Å². The van der Waals surface area contributed by atoms with Crippen molar-refractivity contribution in [3.05, 3.63) is 23.5 Å². The largest absolute Gasteiger partial charge is 0.313 e. The second kappa shape index (κ2) is 6.85. The number of sulfonamides is 1. The summed E-state index contributed by atoms with van der Waals surface area (Å²) in [7, 11) is -3.55. The van der Waals surface area contributed by atoms with E-state index in [0.717, 1.165) is 19.4 Å². The highest BCUT2D eigenvalue weighted by Gasteiger charge is 2.26. The first-order chi connectivity index (χ1) is 8.49. The number of hydrogen-bond acceptors (Lipinski definition) is 4. The Bertz CT molecular complexity index is 524. The van der Waals surface area contributed by atoms with Gasteiger partial charge in [-0.1, -0.05) is 11.6 Å². The number of aromatic nitrogens is 1. The minimum Gasteiger partial charge on any atom is -0.313 e. The molecule has 2 atom stereocenters. The molecule has 1 fully saturated rings. The number of pyridine rings is 1. The van der Waals surface area contributed by atoms with Crippen LogP contribution in [0.4, 0.5) is 0 Å². The van der Waals surface area contributed by atoms with Crippen molar-refractivity contribution in [3.8, 4) is 0 Å². The first-order valence-electron chi connectivity index (χ1n) is 5.85. The zero-order chi connectivity index (χ0) is 13.2. The van der Waals surface area contributed by atoms with E-state index in [1.165, 1.54) is 18.5 Å². The molecule has 2 N–H and O–H groups in total. The second-order valence-corrected chi connectivity index (χ2v) is 6.60. The van der Waals surface area contributed by atoms with E-state index in [1.807, 2.05) is 6.92 Å². The Kier molecular flexibility index (Phi) is 6.01. The molecule has 5 nitrogen and oxygen atoms in total. The van der Waals surface area contributed by atoms with Crippen molar-refractivity contribution in [2.75, 3.05) is 6.54 Å². The van der Waals surface area contributed by atoms with Crippen LogP contribution in [-0.4, -0.2) is 32.0 Å². The van der Waals surface area contributed by atoms with E-state index in [9.17, 15) is 8.42 Å². The monoisotopic (exact) mass is 325 g/mol. The van der Waals surface area contributed by atoms with Crippen molar-refractivity contribution in [2.24, 2.45) is 0 Å². The molecule has 1 aliphatic rings. The van der Waals surface area contributed by atoms with Crippen molar-refractivity contribution in [1.82, 2.24) is 15.0 Å². The van der Waals surface area contributed by atoms with Gasteiger partial charge in [0, 0.05) is 24.5 Å². The molecule has 2 unspecified atom stereocenters. The molecular weight excluding hydrogens is 309 g/mol. The Balaban J connectivity index is 0.00000180. The molecule has 1 saturated heterocycles. The summed E-state index contributed by atoms with van der Waals surface area (Å²) in [5, 5.41) is 3.56. The maximum Gasteiger partial charge on any atom is 0.242 e. The van der Waals surface area contributed by atoms with Crippen LogP contribution in [0.15, 0.2) is 23.4 Å². The number of hydrogen-bond donors (Lipinski definition) is 2. The van der Waals surface area contributed by atoms with Crippen LogP contribution in [0.25, 0.3) is 0 Å². The zero-order valence-corrected chi connectivity index (χ0v) is 12.9. The standard InChI is InChI=1S/C11H16ClN3O2S.ClH/c1-8-11(3-2-4-14-8)15-18(16,17)10-5-9(12)6-13-7-10;/h5-8,11,14-15H,2-4H2,1H3;1H. The molecule has 8 heteroatoms. The van der Waals surface area contributed by atoms with Crippen LogP contribution in [0.5, 0.6) is 0 Å². The molecule has 0 aromatic carbocycles. The third kappa shape index (κ3) is 4.29. The highest BCUT2D eigenvalue weighted by Crippen LogP contribution is 2.16. The molecule has 0 radical (unpaired) electrons. The Morgan fingerprint density at radius 2 is 2.21 bits per heavy atom. The van der Waals surface area contributed by atoms with Crippen LogP contribution in [-0.2, 0) is 10.0 Å². The topological polar surface area (TPSA) is 71.1 Å². The van der Waals surface area contributed by atoms with Gasteiger partial charge in [0.25, 0.3) is 0 Å². The van der Waals surface area contributed by atoms with Gasteiger partial charge in [-0.15, -0.1) is 12.4 Å². The molecule has 0 spiro atoms. The predicted octanol–water partition coefficient (Wildman–Crippen LogP) is 1.58. The average Bonchev–Trinajstić information content (AvgIpc) is 2.32. The van der Waals surface area contributed by atoms with E-state index in [0.29, 0.717) is 5.02 Å². The van der Waals surface area contributed by atoms with Crippen molar-refractivity contribution in [2.45, 2.75) is 36.7 Å². The lowest BCUT2D eigenvalue weighted by Crippen LogP contribution is -2.51. The van der Waals surface area contributed by atoms with Gasteiger partial charge in [0.2, 0.25) is 10.0 Å². The lowest BCUT2D eigenvalue weighted by atomic mass is 10.0. The maximum atomic E-state index is 12.2. The molecule has 0 bridgehead atoms. The van der Waals surface area contributed by atoms with Gasteiger partial charge in [0.1, 0.15) is 4.90 Å². The van der Waals surface area contributed by atoms with Crippen LogP contribution in [0.1, 0.15) is 19.8 Å². The normalized spacial score (nSPS) is 23.7. The summed E-state index contributed by atoms with van der Waals surface area (Å²) in [4.78, 5) is 3.90. The maximum absolute atomic E-state index is 12.2. The minimum atomic E-state index is -3.55. The smallest absolute Gasteiger partial charge is 0.242 e.